The predicted molar refractivity (Wildman–Crippen MR) is 78.6 cm³/mol. The molecule has 1 aromatic carbocycles. The molecule has 0 saturated heterocycles. The number of aromatic nitrogens is 2. The van der Waals surface area contributed by atoms with Crippen LogP contribution in [0, 0.1) is 12.7 Å². The summed E-state index contributed by atoms with van der Waals surface area (Å²) in [5.41, 5.74) is 7.28. The van der Waals surface area contributed by atoms with Crippen LogP contribution in [0.1, 0.15) is 18.3 Å². The molecule has 0 radical (unpaired) electrons. The molecule has 1 aromatic heterocycles. The van der Waals surface area contributed by atoms with Crippen LogP contribution in [0.2, 0.25) is 5.02 Å². The molecule has 1 heterocycles. The second kappa shape index (κ2) is 5.93. The molecule has 20 heavy (non-hydrogen) atoms. The lowest BCUT2D eigenvalue weighted by molar-refractivity contribution is 0.625. The molecule has 2 aromatic rings. The van der Waals surface area contributed by atoms with Crippen LogP contribution in [0.4, 0.5) is 10.1 Å². The number of anilines is 1. The van der Waals surface area contributed by atoms with E-state index in [1.165, 1.54) is 12.1 Å². The third kappa shape index (κ3) is 2.86. The third-order valence-electron chi connectivity index (χ3n) is 2.94. The van der Waals surface area contributed by atoms with Crippen LogP contribution in [-0.2, 0) is 23.1 Å². The van der Waals surface area contributed by atoms with Crippen LogP contribution in [0.5, 0.6) is 0 Å². The first-order chi connectivity index (χ1) is 9.43. The topological polar surface area (TPSA) is 60.9 Å². The number of hydrogen-bond donors (Lipinski definition) is 1. The van der Waals surface area contributed by atoms with Crippen molar-refractivity contribution in [3.8, 4) is 0 Å². The van der Waals surface area contributed by atoms with E-state index in [0.717, 1.165) is 6.07 Å². The van der Waals surface area contributed by atoms with Crippen LogP contribution in [-0.4, -0.2) is 14.0 Å². The number of halogens is 2. The van der Waals surface area contributed by atoms with E-state index in [0.29, 0.717) is 27.9 Å². The number of hydrogen-bond acceptors (Lipinski definition) is 3. The van der Waals surface area contributed by atoms with Gasteiger partial charge in [0.1, 0.15) is 5.82 Å². The van der Waals surface area contributed by atoms with Crippen molar-refractivity contribution in [2.24, 2.45) is 0 Å². The molecule has 2 N–H and O–H groups in total. The molecule has 7 heteroatoms. The van der Waals surface area contributed by atoms with Crippen LogP contribution < -0.4 is 5.73 Å². The molecule has 0 bridgehead atoms. The van der Waals surface area contributed by atoms with Crippen molar-refractivity contribution in [1.82, 2.24) is 9.78 Å². The van der Waals surface area contributed by atoms with Crippen LogP contribution >= 0.6 is 11.6 Å². The average molecular weight is 316 g/mol. The van der Waals surface area contributed by atoms with Gasteiger partial charge in [-0.25, -0.2) is 4.39 Å². The normalized spacial score (nSPS) is 12.6. The van der Waals surface area contributed by atoms with E-state index in [2.05, 4.69) is 5.10 Å². The molecule has 1 unspecified atom stereocenters. The molecular formula is C13H15ClFN3OS. The molecule has 0 aliphatic heterocycles. The van der Waals surface area contributed by atoms with E-state index in [1.54, 1.807) is 11.6 Å². The van der Waals surface area contributed by atoms with Crippen LogP contribution in [0.3, 0.4) is 0 Å². The molecule has 0 saturated carbocycles. The molecule has 108 valence electrons. The first-order valence-electron chi connectivity index (χ1n) is 6.09. The van der Waals surface area contributed by atoms with Gasteiger partial charge in [0, 0.05) is 6.54 Å². The summed E-state index contributed by atoms with van der Waals surface area (Å²) >= 11 is 6.18. The van der Waals surface area contributed by atoms with Gasteiger partial charge < -0.3 is 5.73 Å². The van der Waals surface area contributed by atoms with Crippen molar-refractivity contribution >= 4 is 28.1 Å². The van der Waals surface area contributed by atoms with Gasteiger partial charge in [0.2, 0.25) is 0 Å². The zero-order valence-electron chi connectivity index (χ0n) is 11.2. The fourth-order valence-electron chi connectivity index (χ4n) is 1.94. The van der Waals surface area contributed by atoms with Crippen molar-refractivity contribution < 1.29 is 8.60 Å². The van der Waals surface area contributed by atoms with E-state index in [4.69, 9.17) is 17.3 Å². The van der Waals surface area contributed by atoms with E-state index < -0.39 is 16.6 Å². The van der Waals surface area contributed by atoms with E-state index >= 15 is 0 Å². The lowest BCUT2D eigenvalue weighted by Gasteiger charge is -2.08. The molecule has 2 rings (SSSR count). The number of rotatable bonds is 4. The number of benzene rings is 1. The highest BCUT2D eigenvalue weighted by Gasteiger charge is 2.17. The molecule has 1 atom stereocenters. The second-order valence-electron chi connectivity index (χ2n) is 4.33. The summed E-state index contributed by atoms with van der Waals surface area (Å²) in [7, 11) is -1.40. The van der Waals surface area contributed by atoms with Crippen molar-refractivity contribution in [3.05, 3.63) is 40.4 Å². The second-order valence-corrected chi connectivity index (χ2v) is 6.13. The molecule has 0 aliphatic rings. The lowest BCUT2D eigenvalue weighted by atomic mass is 10.3. The Hall–Kier alpha value is -1.40. The largest absolute Gasteiger partial charge is 0.398 e. The molecule has 0 aliphatic carbocycles. The Morgan fingerprint density at radius 3 is 2.80 bits per heavy atom. The minimum absolute atomic E-state index is 0.179. The summed E-state index contributed by atoms with van der Waals surface area (Å²) in [6.07, 6.45) is 0. The fourth-order valence-corrected chi connectivity index (χ4v) is 3.46. The zero-order chi connectivity index (χ0) is 14.9. The number of nitrogens with zero attached hydrogens (tertiary/aromatic N) is 2. The first kappa shape index (κ1) is 15.0. The van der Waals surface area contributed by atoms with Gasteiger partial charge in [-0.3, -0.25) is 8.89 Å². The molecular weight excluding hydrogens is 301 g/mol. The van der Waals surface area contributed by atoms with Crippen molar-refractivity contribution in [2.75, 3.05) is 5.73 Å². The van der Waals surface area contributed by atoms with Gasteiger partial charge in [0.25, 0.3) is 0 Å². The van der Waals surface area contributed by atoms with Gasteiger partial charge in [-0.05, 0) is 32.0 Å². The fraction of sp³-hybridized carbons (Fsp3) is 0.308. The minimum Gasteiger partial charge on any atom is -0.398 e. The average Bonchev–Trinajstić information content (AvgIpc) is 2.66. The maximum Gasteiger partial charge on any atom is 0.125 e. The van der Waals surface area contributed by atoms with E-state index in [9.17, 15) is 8.60 Å². The van der Waals surface area contributed by atoms with Gasteiger partial charge >= 0.3 is 0 Å². The summed E-state index contributed by atoms with van der Waals surface area (Å²) in [4.78, 5) is 0.406. The number of aryl methyl sites for hydroxylation is 2. The van der Waals surface area contributed by atoms with Crippen molar-refractivity contribution in [2.45, 2.75) is 31.0 Å². The van der Waals surface area contributed by atoms with Crippen molar-refractivity contribution in [1.29, 1.82) is 0 Å². The van der Waals surface area contributed by atoms with Crippen LogP contribution in [0.25, 0.3) is 0 Å². The van der Waals surface area contributed by atoms with E-state index in [-0.39, 0.29) is 11.4 Å². The minimum atomic E-state index is -1.40. The Morgan fingerprint density at radius 2 is 2.20 bits per heavy atom. The van der Waals surface area contributed by atoms with Gasteiger partial charge in [-0.1, -0.05) is 11.6 Å². The van der Waals surface area contributed by atoms with Gasteiger partial charge in [0.05, 0.1) is 43.5 Å². The number of nitrogens with two attached hydrogens (primary N) is 1. The smallest absolute Gasteiger partial charge is 0.125 e. The highest BCUT2D eigenvalue weighted by molar-refractivity contribution is 7.84. The standard InChI is InChI=1S/C13H15ClFN3OS/c1-3-18-11(13(14)8(2)17-18)7-20(19)12-5-4-9(15)6-10(12)16/h4-6H,3,7,16H2,1-2H3. The predicted octanol–water partition coefficient (Wildman–Crippen LogP) is 2.89. The van der Waals surface area contributed by atoms with Gasteiger partial charge in [-0.2, -0.15) is 5.10 Å². The first-order valence-corrected chi connectivity index (χ1v) is 7.79. The summed E-state index contributed by atoms with van der Waals surface area (Å²) in [5.74, 6) is -0.251. The molecule has 0 amide bonds. The summed E-state index contributed by atoms with van der Waals surface area (Å²) in [6.45, 7) is 4.37. The zero-order valence-corrected chi connectivity index (χ0v) is 12.8. The van der Waals surface area contributed by atoms with E-state index in [1.807, 2.05) is 6.92 Å². The highest BCUT2D eigenvalue weighted by Crippen LogP contribution is 2.25. The van der Waals surface area contributed by atoms with Gasteiger partial charge in [0.15, 0.2) is 0 Å². The summed E-state index contributed by atoms with van der Waals surface area (Å²) in [5, 5.41) is 4.79. The molecule has 0 spiro atoms. The Morgan fingerprint density at radius 1 is 1.50 bits per heavy atom. The highest BCUT2D eigenvalue weighted by atomic mass is 35.5. The third-order valence-corrected chi connectivity index (χ3v) is 4.83. The Labute approximate surface area is 124 Å². The Bertz CT molecular complexity index is 672. The van der Waals surface area contributed by atoms with Crippen LogP contribution in [0.15, 0.2) is 23.1 Å². The molecule has 4 nitrogen and oxygen atoms in total. The Balaban J connectivity index is 2.32. The number of nitrogen functional groups attached to an aromatic ring is 1. The van der Waals surface area contributed by atoms with Gasteiger partial charge in [-0.15, -0.1) is 0 Å². The SMILES string of the molecule is CCn1nc(C)c(Cl)c1CS(=O)c1ccc(F)cc1N. The Kier molecular flexibility index (Phi) is 4.45. The van der Waals surface area contributed by atoms with Crippen molar-refractivity contribution in [3.63, 3.8) is 0 Å². The monoisotopic (exact) mass is 315 g/mol. The maximum atomic E-state index is 13.0. The quantitative estimate of drug-likeness (QED) is 0.882. The summed E-state index contributed by atoms with van der Waals surface area (Å²) in [6, 6.07) is 3.85. The summed E-state index contributed by atoms with van der Waals surface area (Å²) < 4.78 is 27.1. The molecule has 0 fully saturated rings. The lowest BCUT2D eigenvalue weighted by Crippen LogP contribution is -2.08. The maximum absolute atomic E-state index is 13.0.